The van der Waals surface area contributed by atoms with Crippen LogP contribution in [0.4, 0.5) is 0 Å². The largest absolute Gasteiger partial charge is 0.494 e. The van der Waals surface area contributed by atoms with Crippen molar-refractivity contribution in [1.82, 2.24) is 19.5 Å². The third-order valence-corrected chi connectivity index (χ3v) is 12.7. The van der Waals surface area contributed by atoms with E-state index in [1.807, 2.05) is 48.5 Å². The summed E-state index contributed by atoms with van der Waals surface area (Å²) >= 11 is 0. The van der Waals surface area contributed by atoms with Gasteiger partial charge in [0, 0.05) is 21.9 Å². The van der Waals surface area contributed by atoms with E-state index in [1.54, 1.807) is 0 Å². The molecule has 10 heteroatoms. The molecule has 0 amide bonds. The lowest BCUT2D eigenvalue weighted by Crippen LogP contribution is -2.41. The van der Waals surface area contributed by atoms with Crippen molar-refractivity contribution in [2.24, 2.45) is 0 Å². The molecule has 0 spiro atoms. The molecule has 6 aromatic rings. The van der Waals surface area contributed by atoms with Crippen molar-refractivity contribution < 1.29 is 18.6 Å². The van der Waals surface area contributed by atoms with Gasteiger partial charge in [-0.2, -0.15) is 9.97 Å². The fraction of sp³-hybridized carbons (Fsp3) is 0.426. The Bertz CT molecular complexity index is 2310. The molecule has 8 rings (SSSR count). The Morgan fingerprint density at radius 3 is 1.11 bits per heavy atom. The first-order valence-electron chi connectivity index (χ1n) is 20.2. The second kappa shape index (κ2) is 13.1. The van der Waals surface area contributed by atoms with Gasteiger partial charge in [-0.25, -0.2) is 4.98 Å². The van der Waals surface area contributed by atoms with E-state index in [-0.39, 0.29) is 10.8 Å². The van der Waals surface area contributed by atoms with E-state index in [4.69, 9.17) is 33.6 Å². The third kappa shape index (κ3) is 6.92. The summed E-state index contributed by atoms with van der Waals surface area (Å²) in [6, 6.07) is 29.9. The number of hydrogen-bond donors (Lipinski definition) is 0. The number of aromatic nitrogens is 4. The topological polar surface area (TPSA) is 80.5 Å². The van der Waals surface area contributed by atoms with E-state index in [9.17, 15) is 0 Å². The smallest absolute Gasteiger partial charge is 0.399 e. The molecule has 0 atom stereocenters. The maximum absolute atomic E-state index is 6.37. The van der Waals surface area contributed by atoms with Gasteiger partial charge in [0.05, 0.1) is 33.4 Å². The number of hydrogen-bond acceptors (Lipinski definition) is 7. The zero-order valence-electron chi connectivity index (χ0n) is 36.2. The molecule has 2 aliphatic heterocycles. The number of nitrogens with zero attached hydrogens (tertiary/aromatic N) is 4. The van der Waals surface area contributed by atoms with Gasteiger partial charge in [-0.15, -0.1) is 0 Å². The molecule has 8 nitrogen and oxygen atoms in total. The molecule has 2 aliphatic rings. The van der Waals surface area contributed by atoms with Gasteiger partial charge in [0.15, 0.2) is 11.6 Å². The Kier molecular flexibility index (Phi) is 9.06. The summed E-state index contributed by atoms with van der Waals surface area (Å²) in [5.74, 6) is 1.68. The molecule has 0 N–H and O–H groups in total. The fourth-order valence-corrected chi connectivity index (χ4v) is 7.43. The Balaban J connectivity index is 1.28. The molecule has 0 bridgehead atoms. The molecule has 4 heterocycles. The molecule has 2 aromatic heterocycles. The van der Waals surface area contributed by atoms with Gasteiger partial charge in [-0.05, 0) is 113 Å². The van der Waals surface area contributed by atoms with E-state index in [0.717, 1.165) is 33.1 Å². The summed E-state index contributed by atoms with van der Waals surface area (Å²) in [6.45, 7) is 30.1. The van der Waals surface area contributed by atoms with Gasteiger partial charge in [0.2, 0.25) is 5.95 Å². The lowest BCUT2D eigenvalue weighted by molar-refractivity contribution is 0.00578. The average Bonchev–Trinajstić information content (AvgIpc) is 3.67. The Morgan fingerprint density at radius 2 is 0.789 bits per heavy atom. The van der Waals surface area contributed by atoms with Crippen molar-refractivity contribution in [2.75, 3.05) is 0 Å². The molecule has 57 heavy (non-hydrogen) atoms. The van der Waals surface area contributed by atoms with Gasteiger partial charge in [-0.3, -0.25) is 4.57 Å². The summed E-state index contributed by atoms with van der Waals surface area (Å²) in [6.07, 6.45) is 0. The van der Waals surface area contributed by atoms with Crippen molar-refractivity contribution in [1.29, 1.82) is 0 Å². The lowest BCUT2D eigenvalue weighted by Gasteiger charge is -2.32. The minimum atomic E-state index is -0.468. The highest BCUT2D eigenvalue weighted by atomic mass is 16.7. The zero-order chi connectivity index (χ0) is 41.1. The Morgan fingerprint density at radius 1 is 0.456 bits per heavy atom. The fourth-order valence-electron chi connectivity index (χ4n) is 7.43. The lowest BCUT2D eigenvalue weighted by atomic mass is 9.79. The van der Waals surface area contributed by atoms with Crippen LogP contribution in [0.1, 0.15) is 108 Å². The third-order valence-electron chi connectivity index (χ3n) is 12.7. The molecule has 0 unspecified atom stereocenters. The highest BCUT2D eigenvalue weighted by Gasteiger charge is 2.52. The van der Waals surface area contributed by atoms with E-state index >= 15 is 0 Å². The van der Waals surface area contributed by atoms with Crippen LogP contribution in [0.3, 0.4) is 0 Å². The van der Waals surface area contributed by atoms with Crippen molar-refractivity contribution in [3.05, 3.63) is 96.1 Å². The first kappa shape index (κ1) is 39.5. The van der Waals surface area contributed by atoms with E-state index in [2.05, 4.69) is 138 Å². The highest BCUT2D eigenvalue weighted by molar-refractivity contribution is 6.62. The Labute approximate surface area is 339 Å². The molecule has 294 valence electrons. The molecule has 2 saturated heterocycles. The van der Waals surface area contributed by atoms with Crippen LogP contribution in [0.15, 0.2) is 84.9 Å². The van der Waals surface area contributed by atoms with Gasteiger partial charge >= 0.3 is 14.2 Å². The average molecular weight is 763 g/mol. The van der Waals surface area contributed by atoms with Crippen LogP contribution in [0, 0.1) is 0 Å². The van der Waals surface area contributed by atoms with Crippen LogP contribution >= 0.6 is 0 Å². The van der Waals surface area contributed by atoms with Gasteiger partial charge < -0.3 is 18.6 Å². The SMILES string of the molecule is CC(C)(C)c1ccc2c(c1)c1cc(C(C)(C)C)ccc1n2-c1nc(-c2ccc(B3OC(C)(C)C(C)(C)O3)cc2)nc(-c2ccc(B3OC(C)(C)C(C)(C)O3)cc2)n1. The normalized spacial score (nSPS) is 18.9. The number of fused-ring (bicyclic) bond motifs is 3. The van der Waals surface area contributed by atoms with Crippen LogP contribution in [0.5, 0.6) is 0 Å². The van der Waals surface area contributed by atoms with E-state index in [0.29, 0.717) is 17.6 Å². The predicted molar refractivity (Wildman–Crippen MR) is 234 cm³/mol. The molecule has 4 aromatic carbocycles. The van der Waals surface area contributed by atoms with Crippen LogP contribution < -0.4 is 10.9 Å². The zero-order valence-corrected chi connectivity index (χ0v) is 36.2. The van der Waals surface area contributed by atoms with Crippen LogP contribution in [-0.2, 0) is 29.4 Å². The predicted octanol–water partition coefficient (Wildman–Crippen LogP) is 9.50. The molecule has 0 aliphatic carbocycles. The first-order chi connectivity index (χ1) is 26.4. The number of benzene rings is 4. The summed E-state index contributed by atoms with van der Waals surface area (Å²) in [5, 5.41) is 2.34. The minimum absolute atomic E-state index is 0.0176. The monoisotopic (exact) mass is 762 g/mol. The Hall–Kier alpha value is -4.34. The summed E-state index contributed by atoms with van der Waals surface area (Å²) < 4.78 is 27.7. The first-order valence-corrected chi connectivity index (χ1v) is 20.2. The van der Waals surface area contributed by atoms with Crippen molar-refractivity contribution in [3.8, 4) is 28.7 Å². The van der Waals surface area contributed by atoms with Crippen molar-refractivity contribution >= 4 is 47.0 Å². The van der Waals surface area contributed by atoms with Gasteiger partial charge in [0.25, 0.3) is 0 Å². The van der Waals surface area contributed by atoms with E-state index < -0.39 is 36.6 Å². The standard InChI is InChI=1S/C47H56B2N4O4/c1-42(2,3)31-19-25-37-35(27-31)36-28-32(43(4,5)6)20-26-38(36)53(37)41-51-39(29-15-21-33(22-16-29)48-54-44(7,8)45(9,10)55-48)50-40(52-41)30-17-23-34(24-18-30)49-56-46(11,12)47(13,14)57-49/h15-28H,1-14H3. The maximum Gasteiger partial charge on any atom is 0.494 e. The summed E-state index contributed by atoms with van der Waals surface area (Å²) in [7, 11) is -0.936. The van der Waals surface area contributed by atoms with Gasteiger partial charge in [0.1, 0.15) is 0 Å². The number of rotatable bonds is 5. The quantitative estimate of drug-likeness (QED) is 0.162. The molecule has 0 radical (unpaired) electrons. The maximum atomic E-state index is 6.37. The van der Waals surface area contributed by atoms with Crippen molar-refractivity contribution in [2.45, 2.75) is 130 Å². The highest BCUT2D eigenvalue weighted by Crippen LogP contribution is 2.40. The summed E-state index contributed by atoms with van der Waals surface area (Å²) in [5.41, 5.74) is 6.46. The van der Waals surface area contributed by atoms with E-state index in [1.165, 1.54) is 21.9 Å². The second-order valence-electron chi connectivity index (χ2n) is 20.0. The molecule has 2 fully saturated rings. The minimum Gasteiger partial charge on any atom is -0.399 e. The molecule has 0 saturated carbocycles. The molecular weight excluding hydrogens is 706 g/mol. The van der Waals surface area contributed by atoms with Crippen LogP contribution in [0.25, 0.3) is 50.5 Å². The van der Waals surface area contributed by atoms with Crippen LogP contribution in [-0.4, -0.2) is 56.2 Å². The molecular formula is C47H56B2N4O4. The summed E-state index contributed by atoms with van der Waals surface area (Å²) in [4.78, 5) is 15.6. The second-order valence-corrected chi connectivity index (χ2v) is 20.0. The van der Waals surface area contributed by atoms with Gasteiger partial charge in [-0.1, -0.05) is 102 Å². The van der Waals surface area contributed by atoms with Crippen LogP contribution in [0.2, 0.25) is 0 Å². The van der Waals surface area contributed by atoms with Crippen molar-refractivity contribution in [3.63, 3.8) is 0 Å².